The average molecular weight is 302 g/mol. The molecule has 0 aliphatic rings. The molecule has 1 aromatic carbocycles. The molecule has 1 heterocycles. The summed E-state index contributed by atoms with van der Waals surface area (Å²) in [6.45, 7) is 1.75. The number of H-pyrrole nitrogens is 1. The Labute approximate surface area is 94.7 Å². The van der Waals surface area contributed by atoms with Gasteiger partial charge in [0.05, 0.1) is 15.5 Å². The van der Waals surface area contributed by atoms with Crippen molar-refractivity contribution in [3.05, 3.63) is 39.3 Å². The minimum absolute atomic E-state index is 0.187. The average Bonchev–Trinajstić information content (AvgIpc) is 2.57. The second-order valence-corrected chi connectivity index (χ2v) is 4.22. The molecule has 2 aromatic rings. The van der Waals surface area contributed by atoms with Crippen LogP contribution >= 0.6 is 22.6 Å². The van der Waals surface area contributed by atoms with E-state index in [1.54, 1.807) is 19.2 Å². The topological polar surface area (TPSA) is 28.7 Å². The van der Waals surface area contributed by atoms with Crippen LogP contribution < -0.4 is 0 Å². The molecule has 0 atom stereocenters. The minimum Gasteiger partial charge on any atom is -0.277 e. The maximum absolute atomic E-state index is 13.3. The Bertz CT molecular complexity index is 465. The van der Waals surface area contributed by atoms with E-state index < -0.39 is 0 Å². The zero-order chi connectivity index (χ0) is 10.1. The maximum atomic E-state index is 13.3. The standard InChI is InChI=1S/C10H8FIN2/c1-6-2-3-7(4-8(6)11)10-9(12)5-13-14-10/h2-5H,1H3,(H,13,14). The van der Waals surface area contributed by atoms with Crippen LogP contribution in [0.5, 0.6) is 0 Å². The highest BCUT2D eigenvalue weighted by Gasteiger charge is 2.06. The summed E-state index contributed by atoms with van der Waals surface area (Å²) in [4.78, 5) is 0. The highest BCUT2D eigenvalue weighted by atomic mass is 127. The van der Waals surface area contributed by atoms with Crippen molar-refractivity contribution in [2.45, 2.75) is 6.92 Å². The van der Waals surface area contributed by atoms with Crippen LogP contribution in [-0.2, 0) is 0 Å². The quantitative estimate of drug-likeness (QED) is 0.806. The summed E-state index contributed by atoms with van der Waals surface area (Å²) in [5.74, 6) is -0.187. The Kier molecular flexibility index (Phi) is 2.54. The number of hydrogen-bond donors (Lipinski definition) is 1. The van der Waals surface area contributed by atoms with Crippen LogP contribution in [0.4, 0.5) is 4.39 Å². The van der Waals surface area contributed by atoms with Crippen molar-refractivity contribution in [3.63, 3.8) is 0 Å². The Morgan fingerprint density at radius 3 is 2.79 bits per heavy atom. The summed E-state index contributed by atoms with van der Waals surface area (Å²) in [6.07, 6.45) is 1.72. The van der Waals surface area contributed by atoms with Crippen LogP contribution in [0.25, 0.3) is 11.3 Å². The van der Waals surface area contributed by atoms with E-state index in [2.05, 4.69) is 32.8 Å². The summed E-state index contributed by atoms with van der Waals surface area (Å²) in [7, 11) is 0. The third-order valence-electron chi connectivity index (χ3n) is 2.05. The molecule has 2 rings (SSSR count). The summed E-state index contributed by atoms with van der Waals surface area (Å²) >= 11 is 2.16. The monoisotopic (exact) mass is 302 g/mol. The summed E-state index contributed by atoms with van der Waals surface area (Å²) < 4.78 is 14.3. The van der Waals surface area contributed by atoms with Gasteiger partial charge in [-0.15, -0.1) is 0 Å². The van der Waals surface area contributed by atoms with Gasteiger partial charge in [0.25, 0.3) is 0 Å². The zero-order valence-corrected chi connectivity index (χ0v) is 9.67. The number of benzene rings is 1. The summed E-state index contributed by atoms with van der Waals surface area (Å²) in [6, 6.07) is 5.17. The van der Waals surface area contributed by atoms with E-state index in [1.165, 1.54) is 6.07 Å². The number of hydrogen-bond acceptors (Lipinski definition) is 1. The Hall–Kier alpha value is -0.910. The molecule has 0 aliphatic carbocycles. The van der Waals surface area contributed by atoms with Gasteiger partial charge in [-0.3, -0.25) is 5.10 Å². The SMILES string of the molecule is Cc1ccc(-c2[nH]ncc2I)cc1F. The Morgan fingerprint density at radius 1 is 1.43 bits per heavy atom. The molecule has 0 radical (unpaired) electrons. The van der Waals surface area contributed by atoms with Crippen molar-refractivity contribution in [2.24, 2.45) is 0 Å². The van der Waals surface area contributed by atoms with Gasteiger partial charge in [0, 0.05) is 5.56 Å². The molecule has 0 saturated heterocycles. The van der Waals surface area contributed by atoms with E-state index in [1.807, 2.05) is 6.07 Å². The van der Waals surface area contributed by atoms with Crippen LogP contribution in [0.3, 0.4) is 0 Å². The first-order valence-corrected chi connectivity index (χ1v) is 5.22. The number of aromatic amines is 1. The zero-order valence-electron chi connectivity index (χ0n) is 7.51. The predicted octanol–water partition coefficient (Wildman–Crippen LogP) is 3.13. The second-order valence-electron chi connectivity index (χ2n) is 3.06. The predicted molar refractivity (Wildman–Crippen MR) is 61.4 cm³/mol. The van der Waals surface area contributed by atoms with Crippen LogP contribution in [0.15, 0.2) is 24.4 Å². The number of rotatable bonds is 1. The third-order valence-corrected chi connectivity index (χ3v) is 2.87. The molecule has 1 aromatic heterocycles. The first-order chi connectivity index (χ1) is 6.68. The molecule has 0 fully saturated rings. The van der Waals surface area contributed by atoms with Gasteiger partial charge < -0.3 is 0 Å². The highest BCUT2D eigenvalue weighted by Crippen LogP contribution is 2.23. The Morgan fingerprint density at radius 2 is 2.21 bits per heavy atom. The lowest BCUT2D eigenvalue weighted by molar-refractivity contribution is 0.619. The first-order valence-electron chi connectivity index (χ1n) is 4.14. The van der Waals surface area contributed by atoms with Crippen molar-refractivity contribution in [2.75, 3.05) is 0 Å². The minimum atomic E-state index is -0.187. The smallest absolute Gasteiger partial charge is 0.126 e. The lowest BCUT2D eigenvalue weighted by Gasteiger charge is -2.01. The van der Waals surface area contributed by atoms with E-state index in [9.17, 15) is 4.39 Å². The van der Waals surface area contributed by atoms with Gasteiger partial charge in [0.15, 0.2) is 0 Å². The second kappa shape index (κ2) is 3.68. The normalized spacial score (nSPS) is 10.5. The summed E-state index contributed by atoms with van der Waals surface area (Å²) in [5.41, 5.74) is 2.35. The van der Waals surface area contributed by atoms with Gasteiger partial charge >= 0.3 is 0 Å². The molecule has 0 aliphatic heterocycles. The number of aryl methyl sites for hydroxylation is 1. The van der Waals surface area contributed by atoms with Crippen LogP contribution in [0.1, 0.15) is 5.56 Å². The largest absolute Gasteiger partial charge is 0.277 e. The lowest BCUT2D eigenvalue weighted by atomic mass is 10.1. The third kappa shape index (κ3) is 1.66. The first kappa shape index (κ1) is 9.64. The number of nitrogens with zero attached hydrogens (tertiary/aromatic N) is 1. The molecule has 0 saturated carbocycles. The molecule has 1 N–H and O–H groups in total. The maximum Gasteiger partial charge on any atom is 0.126 e. The molecule has 14 heavy (non-hydrogen) atoms. The molecular formula is C10H8FIN2. The number of halogens is 2. The molecule has 0 unspecified atom stereocenters. The molecule has 0 amide bonds. The van der Waals surface area contributed by atoms with E-state index in [-0.39, 0.29) is 5.82 Å². The number of aromatic nitrogens is 2. The molecule has 2 nitrogen and oxygen atoms in total. The van der Waals surface area contributed by atoms with Crippen molar-refractivity contribution < 1.29 is 4.39 Å². The van der Waals surface area contributed by atoms with Crippen molar-refractivity contribution in [1.82, 2.24) is 10.2 Å². The molecule has 72 valence electrons. The molecular weight excluding hydrogens is 294 g/mol. The van der Waals surface area contributed by atoms with Gasteiger partial charge in [-0.2, -0.15) is 5.10 Å². The van der Waals surface area contributed by atoms with E-state index in [0.29, 0.717) is 5.56 Å². The van der Waals surface area contributed by atoms with E-state index >= 15 is 0 Å². The Balaban J connectivity index is 2.53. The highest BCUT2D eigenvalue weighted by molar-refractivity contribution is 14.1. The van der Waals surface area contributed by atoms with E-state index in [0.717, 1.165) is 14.8 Å². The van der Waals surface area contributed by atoms with Crippen LogP contribution in [0.2, 0.25) is 0 Å². The van der Waals surface area contributed by atoms with Gasteiger partial charge in [-0.1, -0.05) is 12.1 Å². The van der Waals surface area contributed by atoms with Crippen molar-refractivity contribution in [3.8, 4) is 11.3 Å². The van der Waals surface area contributed by atoms with Gasteiger partial charge in [0.2, 0.25) is 0 Å². The summed E-state index contributed by atoms with van der Waals surface area (Å²) in [5, 5.41) is 6.74. The molecule has 0 spiro atoms. The molecule has 0 bridgehead atoms. The fraction of sp³-hybridized carbons (Fsp3) is 0.100. The van der Waals surface area contributed by atoms with E-state index in [4.69, 9.17) is 0 Å². The fourth-order valence-corrected chi connectivity index (χ4v) is 1.79. The van der Waals surface area contributed by atoms with Crippen molar-refractivity contribution in [1.29, 1.82) is 0 Å². The number of nitrogens with one attached hydrogen (secondary N) is 1. The van der Waals surface area contributed by atoms with Crippen LogP contribution in [-0.4, -0.2) is 10.2 Å². The lowest BCUT2D eigenvalue weighted by Crippen LogP contribution is -1.86. The van der Waals surface area contributed by atoms with Crippen molar-refractivity contribution >= 4 is 22.6 Å². The fourth-order valence-electron chi connectivity index (χ4n) is 1.22. The molecule has 4 heteroatoms. The van der Waals surface area contributed by atoms with Gasteiger partial charge in [0.1, 0.15) is 5.82 Å². The van der Waals surface area contributed by atoms with Gasteiger partial charge in [-0.25, -0.2) is 4.39 Å². The van der Waals surface area contributed by atoms with Crippen LogP contribution in [0, 0.1) is 16.3 Å². The van der Waals surface area contributed by atoms with Gasteiger partial charge in [-0.05, 0) is 41.1 Å².